The Morgan fingerprint density at radius 1 is 1.24 bits per heavy atom. The third-order valence-corrected chi connectivity index (χ3v) is 4.34. The average Bonchev–Trinajstić information content (AvgIpc) is 2.62. The van der Waals surface area contributed by atoms with Crippen LogP contribution >= 0.6 is 0 Å². The second kappa shape index (κ2) is 7.46. The molecule has 2 aromatic heterocycles. The van der Waals surface area contributed by atoms with Gasteiger partial charge in [0.1, 0.15) is 17.2 Å². The van der Waals surface area contributed by atoms with E-state index < -0.39 is 5.91 Å². The number of amides is 1. The van der Waals surface area contributed by atoms with Crippen molar-refractivity contribution in [2.75, 3.05) is 18.0 Å². The van der Waals surface area contributed by atoms with Crippen molar-refractivity contribution in [3.05, 3.63) is 51.8 Å². The third-order valence-electron chi connectivity index (χ3n) is 4.34. The molecule has 25 heavy (non-hydrogen) atoms. The first kappa shape index (κ1) is 17.1. The number of carbonyl (C=O) groups is 1. The molecule has 1 aliphatic heterocycles. The fourth-order valence-corrected chi connectivity index (χ4v) is 3.00. The van der Waals surface area contributed by atoms with Gasteiger partial charge in [-0.15, -0.1) is 0 Å². The number of hydrogen-bond donors (Lipinski definition) is 1. The van der Waals surface area contributed by atoms with Crippen molar-refractivity contribution in [2.45, 2.75) is 32.7 Å². The van der Waals surface area contributed by atoms with E-state index in [0.29, 0.717) is 5.82 Å². The number of nitrogens with one attached hydrogen (secondary N) is 1. The van der Waals surface area contributed by atoms with Gasteiger partial charge in [0.15, 0.2) is 0 Å². The fourth-order valence-electron chi connectivity index (χ4n) is 3.00. The third kappa shape index (κ3) is 4.04. The molecule has 0 unspecified atom stereocenters. The van der Waals surface area contributed by atoms with Crippen molar-refractivity contribution in [1.82, 2.24) is 19.9 Å². The van der Waals surface area contributed by atoms with Crippen molar-refractivity contribution >= 4 is 11.7 Å². The van der Waals surface area contributed by atoms with Crippen LogP contribution in [0.25, 0.3) is 0 Å². The zero-order valence-corrected chi connectivity index (χ0v) is 14.7. The number of hydrogen-bond acceptors (Lipinski definition) is 5. The molecular formula is C18H23N5O2. The van der Waals surface area contributed by atoms with E-state index in [2.05, 4.69) is 20.2 Å². The number of anilines is 1. The minimum atomic E-state index is -0.411. The summed E-state index contributed by atoms with van der Waals surface area (Å²) in [6, 6.07) is 5.17. The molecule has 0 aliphatic carbocycles. The van der Waals surface area contributed by atoms with Crippen molar-refractivity contribution in [3.63, 3.8) is 0 Å². The Bertz CT molecular complexity index is 824. The highest BCUT2D eigenvalue weighted by atomic mass is 16.2. The first-order valence-corrected chi connectivity index (χ1v) is 8.58. The summed E-state index contributed by atoms with van der Waals surface area (Å²) in [4.78, 5) is 35.5. The van der Waals surface area contributed by atoms with Crippen LogP contribution in [0, 0.1) is 6.92 Å². The Labute approximate surface area is 146 Å². The number of nitrogens with zero attached hydrogens (tertiary/aromatic N) is 4. The number of aryl methyl sites for hydroxylation is 2. The van der Waals surface area contributed by atoms with Crippen molar-refractivity contribution < 1.29 is 4.79 Å². The molecule has 2 aromatic rings. The van der Waals surface area contributed by atoms with Gasteiger partial charge in [-0.05, 0) is 38.3 Å². The lowest BCUT2D eigenvalue weighted by molar-refractivity contribution is 0.0948. The molecule has 3 heterocycles. The van der Waals surface area contributed by atoms with Crippen LogP contribution in [-0.4, -0.2) is 33.5 Å². The van der Waals surface area contributed by atoms with Crippen LogP contribution in [0.5, 0.6) is 0 Å². The van der Waals surface area contributed by atoms with E-state index in [1.807, 2.05) is 13.0 Å². The van der Waals surface area contributed by atoms with Crippen LogP contribution in [0.1, 0.15) is 41.1 Å². The van der Waals surface area contributed by atoms with Crippen LogP contribution < -0.4 is 15.8 Å². The van der Waals surface area contributed by atoms with E-state index in [4.69, 9.17) is 0 Å². The summed E-state index contributed by atoms with van der Waals surface area (Å²) in [6.07, 6.45) is 5.22. The summed E-state index contributed by atoms with van der Waals surface area (Å²) in [6.45, 7) is 4.12. The van der Waals surface area contributed by atoms with Gasteiger partial charge in [0.25, 0.3) is 11.5 Å². The molecule has 3 rings (SSSR count). The quantitative estimate of drug-likeness (QED) is 0.909. The van der Waals surface area contributed by atoms with Gasteiger partial charge in [0.2, 0.25) is 0 Å². The highest BCUT2D eigenvalue weighted by Crippen LogP contribution is 2.18. The standard InChI is InChI=1S/C18H23N5O2/c1-13-11-16(23-9-4-3-5-10-23)21-15(20-13)12-19-17(24)14-7-6-8-22(2)18(14)25/h6-8,11H,3-5,9-10,12H2,1-2H3,(H,19,24). The predicted molar refractivity (Wildman–Crippen MR) is 95.7 cm³/mol. The van der Waals surface area contributed by atoms with Crippen LogP contribution in [0.3, 0.4) is 0 Å². The van der Waals surface area contributed by atoms with E-state index in [0.717, 1.165) is 24.6 Å². The molecule has 7 nitrogen and oxygen atoms in total. The number of aromatic nitrogens is 3. The van der Waals surface area contributed by atoms with Gasteiger partial charge in [0, 0.05) is 38.1 Å². The maximum absolute atomic E-state index is 12.3. The van der Waals surface area contributed by atoms with Gasteiger partial charge in [-0.3, -0.25) is 9.59 Å². The largest absolute Gasteiger partial charge is 0.357 e. The molecule has 0 aromatic carbocycles. The van der Waals surface area contributed by atoms with E-state index in [9.17, 15) is 9.59 Å². The summed E-state index contributed by atoms with van der Waals surface area (Å²) >= 11 is 0. The Kier molecular flexibility index (Phi) is 5.11. The Balaban J connectivity index is 1.72. The van der Waals surface area contributed by atoms with Gasteiger partial charge < -0.3 is 14.8 Å². The lowest BCUT2D eigenvalue weighted by Gasteiger charge is -2.28. The second-order valence-electron chi connectivity index (χ2n) is 6.35. The molecule has 1 amide bonds. The summed E-state index contributed by atoms with van der Waals surface area (Å²) < 4.78 is 1.38. The summed E-state index contributed by atoms with van der Waals surface area (Å²) in [5, 5.41) is 2.74. The maximum atomic E-state index is 12.3. The Morgan fingerprint density at radius 3 is 2.76 bits per heavy atom. The van der Waals surface area contributed by atoms with Gasteiger partial charge >= 0.3 is 0 Å². The zero-order chi connectivity index (χ0) is 17.8. The molecular weight excluding hydrogens is 318 g/mol. The summed E-state index contributed by atoms with van der Waals surface area (Å²) in [5.41, 5.74) is 0.670. The highest BCUT2D eigenvalue weighted by molar-refractivity contribution is 5.93. The molecule has 1 aliphatic rings. The van der Waals surface area contributed by atoms with E-state index in [1.165, 1.54) is 29.9 Å². The molecule has 0 saturated carbocycles. The Hall–Kier alpha value is -2.70. The number of pyridine rings is 1. The molecule has 1 N–H and O–H groups in total. The Morgan fingerprint density at radius 2 is 2.00 bits per heavy atom. The number of piperidine rings is 1. The number of rotatable bonds is 4. The van der Waals surface area contributed by atoms with Crippen LogP contribution in [0.2, 0.25) is 0 Å². The first-order valence-electron chi connectivity index (χ1n) is 8.58. The lowest BCUT2D eigenvalue weighted by atomic mass is 10.1. The molecule has 1 fully saturated rings. The molecule has 0 atom stereocenters. The maximum Gasteiger partial charge on any atom is 0.263 e. The molecule has 132 valence electrons. The molecule has 0 bridgehead atoms. The summed E-state index contributed by atoms with van der Waals surface area (Å²) in [5.74, 6) is 1.06. The van der Waals surface area contributed by atoms with Gasteiger partial charge in [-0.25, -0.2) is 9.97 Å². The number of carbonyl (C=O) groups excluding carboxylic acids is 1. The second-order valence-corrected chi connectivity index (χ2v) is 6.35. The normalized spacial score (nSPS) is 14.4. The minimum Gasteiger partial charge on any atom is -0.357 e. The molecule has 1 saturated heterocycles. The van der Waals surface area contributed by atoms with Crippen molar-refractivity contribution in [2.24, 2.45) is 7.05 Å². The van der Waals surface area contributed by atoms with Crippen LogP contribution in [0.15, 0.2) is 29.2 Å². The average molecular weight is 341 g/mol. The van der Waals surface area contributed by atoms with Crippen molar-refractivity contribution in [3.8, 4) is 0 Å². The van der Waals surface area contributed by atoms with Crippen LogP contribution in [0.4, 0.5) is 5.82 Å². The SMILES string of the molecule is Cc1cc(N2CCCCC2)nc(CNC(=O)c2cccn(C)c2=O)n1. The molecule has 7 heteroatoms. The topological polar surface area (TPSA) is 80.1 Å². The lowest BCUT2D eigenvalue weighted by Crippen LogP contribution is -2.33. The molecule has 0 radical (unpaired) electrons. The van der Waals surface area contributed by atoms with Gasteiger partial charge in [-0.1, -0.05) is 0 Å². The smallest absolute Gasteiger partial charge is 0.263 e. The summed E-state index contributed by atoms with van der Waals surface area (Å²) in [7, 11) is 1.62. The zero-order valence-electron chi connectivity index (χ0n) is 14.7. The van der Waals surface area contributed by atoms with Gasteiger partial charge in [0.05, 0.1) is 6.54 Å². The van der Waals surface area contributed by atoms with E-state index in [-0.39, 0.29) is 17.7 Å². The van der Waals surface area contributed by atoms with E-state index in [1.54, 1.807) is 19.3 Å². The molecule has 0 spiro atoms. The van der Waals surface area contributed by atoms with Crippen molar-refractivity contribution in [1.29, 1.82) is 0 Å². The predicted octanol–water partition coefficient (Wildman–Crippen LogP) is 1.40. The van der Waals surface area contributed by atoms with Gasteiger partial charge in [-0.2, -0.15) is 0 Å². The highest BCUT2D eigenvalue weighted by Gasteiger charge is 2.15. The minimum absolute atomic E-state index is 0.119. The first-order chi connectivity index (χ1) is 12.0. The van der Waals surface area contributed by atoms with E-state index >= 15 is 0 Å². The fraction of sp³-hybridized carbons (Fsp3) is 0.444. The monoisotopic (exact) mass is 341 g/mol. The van der Waals surface area contributed by atoms with Crippen LogP contribution in [-0.2, 0) is 13.6 Å².